The summed E-state index contributed by atoms with van der Waals surface area (Å²) in [4.78, 5) is 10.2. The van der Waals surface area contributed by atoms with Gasteiger partial charge in [-0.3, -0.25) is 4.79 Å². The first-order valence-electron chi connectivity index (χ1n) is 2.91. The molecular formula is C5H10N2O2. The Morgan fingerprint density at radius 2 is 2.33 bits per heavy atom. The zero-order valence-electron chi connectivity index (χ0n) is 5.00. The van der Waals surface area contributed by atoms with E-state index in [2.05, 4.69) is 5.32 Å². The first-order valence-corrected chi connectivity index (χ1v) is 2.91. The topological polar surface area (TPSA) is 75.4 Å². The first-order chi connectivity index (χ1) is 4.22. The number of carboxylic acid groups (broad SMARTS) is 1. The smallest absolute Gasteiger partial charge is 0.320 e. The van der Waals surface area contributed by atoms with Crippen LogP contribution in [0, 0.1) is 5.92 Å². The van der Waals surface area contributed by atoms with E-state index >= 15 is 0 Å². The number of rotatable bonds is 2. The van der Waals surface area contributed by atoms with E-state index in [1.54, 1.807) is 0 Å². The Kier molecular flexibility index (Phi) is 1.68. The summed E-state index contributed by atoms with van der Waals surface area (Å²) in [5.41, 5.74) is 5.28. The minimum atomic E-state index is -0.901. The molecule has 4 nitrogen and oxygen atoms in total. The van der Waals surface area contributed by atoms with Crippen molar-refractivity contribution >= 4 is 5.97 Å². The summed E-state index contributed by atoms with van der Waals surface area (Å²) in [6.07, 6.45) is 0. The lowest BCUT2D eigenvalue weighted by Gasteiger charge is -2.29. The van der Waals surface area contributed by atoms with Crippen molar-refractivity contribution in [3.8, 4) is 0 Å². The second-order valence-corrected chi connectivity index (χ2v) is 2.28. The van der Waals surface area contributed by atoms with E-state index in [0.29, 0.717) is 0 Å². The molecule has 1 saturated heterocycles. The van der Waals surface area contributed by atoms with Crippen LogP contribution in [0.1, 0.15) is 0 Å². The normalized spacial score (nSPS) is 22.8. The molecule has 0 saturated carbocycles. The molecule has 0 bridgehead atoms. The number of nitrogens with two attached hydrogens (primary N) is 1. The predicted molar refractivity (Wildman–Crippen MR) is 32.0 cm³/mol. The third kappa shape index (κ3) is 1.20. The molecular weight excluding hydrogens is 120 g/mol. The highest BCUT2D eigenvalue weighted by molar-refractivity contribution is 5.73. The summed E-state index contributed by atoms with van der Waals surface area (Å²) in [6.45, 7) is 1.49. The molecule has 0 amide bonds. The summed E-state index contributed by atoms with van der Waals surface area (Å²) >= 11 is 0. The van der Waals surface area contributed by atoms with Crippen LogP contribution in [-0.2, 0) is 4.79 Å². The standard InChI is InChI=1S/C5H10N2O2/c6-4(5(8)9)3-1-7-2-3/h3-4,7H,1-2,6H2,(H,8,9)/t4-/m0/s1. The zero-order valence-corrected chi connectivity index (χ0v) is 5.00. The van der Waals surface area contributed by atoms with Crippen LogP contribution >= 0.6 is 0 Å². The molecule has 9 heavy (non-hydrogen) atoms. The van der Waals surface area contributed by atoms with E-state index in [1.165, 1.54) is 0 Å². The Labute approximate surface area is 53.0 Å². The van der Waals surface area contributed by atoms with Gasteiger partial charge in [-0.25, -0.2) is 0 Å². The van der Waals surface area contributed by atoms with Crippen molar-refractivity contribution in [2.75, 3.05) is 13.1 Å². The van der Waals surface area contributed by atoms with Crippen LogP contribution < -0.4 is 11.1 Å². The molecule has 1 aliphatic heterocycles. The van der Waals surface area contributed by atoms with Crippen LogP contribution in [-0.4, -0.2) is 30.2 Å². The van der Waals surface area contributed by atoms with Gasteiger partial charge in [0.05, 0.1) is 0 Å². The fraction of sp³-hybridized carbons (Fsp3) is 0.800. The average molecular weight is 130 g/mol. The van der Waals surface area contributed by atoms with Crippen LogP contribution in [0.25, 0.3) is 0 Å². The molecule has 4 heteroatoms. The molecule has 0 radical (unpaired) electrons. The minimum Gasteiger partial charge on any atom is -0.480 e. The molecule has 1 heterocycles. The third-order valence-corrected chi connectivity index (χ3v) is 1.61. The van der Waals surface area contributed by atoms with Gasteiger partial charge in [-0.2, -0.15) is 0 Å². The molecule has 0 spiro atoms. The Hall–Kier alpha value is -0.610. The molecule has 52 valence electrons. The molecule has 1 fully saturated rings. The molecule has 0 unspecified atom stereocenters. The molecule has 0 aliphatic carbocycles. The molecule has 0 aromatic carbocycles. The van der Waals surface area contributed by atoms with Crippen LogP contribution in [0.3, 0.4) is 0 Å². The van der Waals surface area contributed by atoms with Crippen LogP contribution in [0.5, 0.6) is 0 Å². The van der Waals surface area contributed by atoms with Crippen LogP contribution in [0.15, 0.2) is 0 Å². The molecule has 1 rings (SSSR count). The van der Waals surface area contributed by atoms with E-state index in [4.69, 9.17) is 10.8 Å². The number of carboxylic acids is 1. The van der Waals surface area contributed by atoms with Gasteiger partial charge in [0.15, 0.2) is 0 Å². The SMILES string of the molecule is N[C@H](C(=O)O)C1CNC1. The Morgan fingerprint density at radius 1 is 1.78 bits per heavy atom. The van der Waals surface area contributed by atoms with E-state index in [-0.39, 0.29) is 5.92 Å². The third-order valence-electron chi connectivity index (χ3n) is 1.61. The predicted octanol–water partition coefficient (Wildman–Crippen LogP) is -1.38. The van der Waals surface area contributed by atoms with Crippen LogP contribution in [0.2, 0.25) is 0 Å². The van der Waals surface area contributed by atoms with Gasteiger partial charge in [-0.1, -0.05) is 0 Å². The van der Waals surface area contributed by atoms with Gasteiger partial charge in [0, 0.05) is 19.0 Å². The highest BCUT2D eigenvalue weighted by Crippen LogP contribution is 2.06. The highest BCUT2D eigenvalue weighted by Gasteiger charge is 2.28. The maximum absolute atomic E-state index is 10.2. The van der Waals surface area contributed by atoms with E-state index in [0.717, 1.165) is 13.1 Å². The fourth-order valence-electron chi connectivity index (χ4n) is 0.767. The van der Waals surface area contributed by atoms with Gasteiger partial charge in [-0.05, 0) is 0 Å². The number of hydrogen-bond acceptors (Lipinski definition) is 3. The quantitative estimate of drug-likeness (QED) is 0.430. The summed E-state index contributed by atoms with van der Waals surface area (Å²) in [5.74, 6) is -0.760. The fourth-order valence-corrected chi connectivity index (χ4v) is 0.767. The molecule has 1 atom stereocenters. The molecule has 1 aliphatic rings. The van der Waals surface area contributed by atoms with Crippen LogP contribution in [0.4, 0.5) is 0 Å². The van der Waals surface area contributed by atoms with Crippen molar-refractivity contribution in [1.82, 2.24) is 5.32 Å². The average Bonchev–Trinajstić information content (AvgIpc) is 1.60. The number of carbonyl (C=O) groups is 1. The molecule has 0 aromatic heterocycles. The molecule has 0 aromatic rings. The monoisotopic (exact) mass is 130 g/mol. The van der Waals surface area contributed by atoms with Crippen molar-refractivity contribution in [2.45, 2.75) is 6.04 Å². The number of hydrogen-bond donors (Lipinski definition) is 3. The number of nitrogens with one attached hydrogen (secondary N) is 1. The van der Waals surface area contributed by atoms with Crippen molar-refractivity contribution in [3.63, 3.8) is 0 Å². The second kappa shape index (κ2) is 2.33. The van der Waals surface area contributed by atoms with Gasteiger partial charge in [0.1, 0.15) is 6.04 Å². The first kappa shape index (κ1) is 6.51. The van der Waals surface area contributed by atoms with Crippen molar-refractivity contribution < 1.29 is 9.90 Å². The number of aliphatic carboxylic acids is 1. The largest absolute Gasteiger partial charge is 0.480 e. The summed E-state index contributed by atoms with van der Waals surface area (Å²) in [7, 11) is 0. The highest BCUT2D eigenvalue weighted by atomic mass is 16.4. The van der Waals surface area contributed by atoms with E-state index in [1.807, 2.05) is 0 Å². The lowest BCUT2D eigenvalue weighted by molar-refractivity contribution is -0.140. The Bertz CT molecular complexity index is 122. The van der Waals surface area contributed by atoms with Crippen molar-refractivity contribution in [1.29, 1.82) is 0 Å². The van der Waals surface area contributed by atoms with E-state index < -0.39 is 12.0 Å². The van der Waals surface area contributed by atoms with E-state index in [9.17, 15) is 4.79 Å². The lowest BCUT2D eigenvalue weighted by atomic mass is 9.95. The Balaban J connectivity index is 2.32. The Morgan fingerprint density at radius 3 is 2.44 bits per heavy atom. The lowest BCUT2D eigenvalue weighted by Crippen LogP contribution is -2.54. The van der Waals surface area contributed by atoms with Gasteiger partial charge < -0.3 is 16.2 Å². The van der Waals surface area contributed by atoms with Gasteiger partial charge in [0.2, 0.25) is 0 Å². The van der Waals surface area contributed by atoms with Gasteiger partial charge in [0.25, 0.3) is 0 Å². The maximum Gasteiger partial charge on any atom is 0.320 e. The molecule has 4 N–H and O–H groups in total. The summed E-state index contributed by atoms with van der Waals surface area (Å²) in [5, 5.41) is 11.3. The second-order valence-electron chi connectivity index (χ2n) is 2.28. The summed E-state index contributed by atoms with van der Waals surface area (Å²) < 4.78 is 0. The summed E-state index contributed by atoms with van der Waals surface area (Å²) in [6, 6.07) is -0.675. The minimum absolute atomic E-state index is 0.141. The maximum atomic E-state index is 10.2. The van der Waals surface area contributed by atoms with Crippen molar-refractivity contribution in [2.24, 2.45) is 11.7 Å². The zero-order chi connectivity index (χ0) is 6.85. The van der Waals surface area contributed by atoms with Crippen molar-refractivity contribution in [3.05, 3.63) is 0 Å². The van der Waals surface area contributed by atoms with Gasteiger partial charge in [-0.15, -0.1) is 0 Å². The van der Waals surface area contributed by atoms with Gasteiger partial charge >= 0.3 is 5.97 Å².